The van der Waals surface area contributed by atoms with Gasteiger partial charge in [-0.2, -0.15) is 0 Å². The minimum Gasteiger partial charge on any atom is -0.351 e. The summed E-state index contributed by atoms with van der Waals surface area (Å²) in [4.78, 5) is 26.3. The Balaban J connectivity index is 2.01. The maximum absolute atomic E-state index is 13.0. The maximum Gasteiger partial charge on any atom is 0.235 e. The summed E-state index contributed by atoms with van der Waals surface area (Å²) in [6.07, 6.45) is 6.00. The summed E-state index contributed by atoms with van der Waals surface area (Å²) in [6, 6.07) is 9.59. The van der Waals surface area contributed by atoms with Crippen molar-refractivity contribution >= 4 is 17.4 Å². The van der Waals surface area contributed by atoms with Crippen LogP contribution in [-0.2, 0) is 14.3 Å². The topological polar surface area (TPSA) is 46.6 Å². The van der Waals surface area contributed by atoms with Gasteiger partial charge in [-0.05, 0) is 30.7 Å². The molecule has 1 aliphatic heterocycles. The van der Waals surface area contributed by atoms with Gasteiger partial charge >= 0.3 is 0 Å². The van der Waals surface area contributed by atoms with Gasteiger partial charge < -0.3 is 4.74 Å². The largest absolute Gasteiger partial charge is 0.351 e. The summed E-state index contributed by atoms with van der Waals surface area (Å²) in [7, 11) is 0. The molecule has 1 saturated heterocycles. The van der Waals surface area contributed by atoms with E-state index in [0.717, 1.165) is 18.5 Å². The molecule has 1 heterocycles. The third-order valence-corrected chi connectivity index (χ3v) is 4.39. The smallest absolute Gasteiger partial charge is 0.235 e. The van der Waals surface area contributed by atoms with E-state index < -0.39 is 5.72 Å². The van der Waals surface area contributed by atoms with Crippen LogP contribution in [0.1, 0.15) is 32.6 Å². The number of ketones is 1. The fraction of sp³-hybridized carbons (Fsp3) is 0.444. The quantitative estimate of drug-likeness (QED) is 0.861. The van der Waals surface area contributed by atoms with Gasteiger partial charge in [-0.3, -0.25) is 14.5 Å². The van der Waals surface area contributed by atoms with Gasteiger partial charge in [0.1, 0.15) is 0 Å². The number of allylic oxidation sites excluding steroid dienone is 1. The summed E-state index contributed by atoms with van der Waals surface area (Å²) >= 11 is 0. The van der Waals surface area contributed by atoms with Crippen molar-refractivity contribution < 1.29 is 14.3 Å². The molecule has 116 valence electrons. The number of rotatable bonds is 3. The number of hydrogen-bond donors (Lipinski definition) is 0. The highest BCUT2D eigenvalue weighted by Crippen LogP contribution is 2.38. The molecular weight excluding hydrogens is 278 g/mol. The molecule has 0 bridgehead atoms. The average Bonchev–Trinajstić information content (AvgIpc) is 2.54. The van der Waals surface area contributed by atoms with Gasteiger partial charge in [0.2, 0.25) is 5.91 Å². The number of anilines is 1. The third-order valence-electron chi connectivity index (χ3n) is 4.39. The molecule has 1 aliphatic carbocycles. The Hall–Kier alpha value is -1.94. The lowest BCUT2D eigenvalue weighted by molar-refractivity contribution is -0.145. The average molecular weight is 299 g/mol. The molecule has 4 nitrogen and oxygen atoms in total. The molecule has 0 aromatic heterocycles. The molecule has 0 N–H and O–H groups in total. The Labute approximate surface area is 130 Å². The molecule has 4 heteroatoms. The van der Waals surface area contributed by atoms with E-state index in [-0.39, 0.29) is 17.6 Å². The zero-order chi connectivity index (χ0) is 15.6. The Kier molecular flexibility index (Phi) is 4.12. The van der Waals surface area contributed by atoms with Gasteiger partial charge in [0, 0.05) is 18.5 Å². The zero-order valence-corrected chi connectivity index (χ0v) is 12.8. The van der Waals surface area contributed by atoms with Crippen molar-refractivity contribution in [3.05, 3.63) is 42.5 Å². The van der Waals surface area contributed by atoms with E-state index in [1.165, 1.54) is 0 Å². The van der Waals surface area contributed by atoms with E-state index in [2.05, 4.69) is 6.92 Å². The summed E-state index contributed by atoms with van der Waals surface area (Å²) < 4.78 is 6.12. The number of amides is 1. The van der Waals surface area contributed by atoms with Gasteiger partial charge in [-0.25, -0.2) is 0 Å². The molecule has 1 spiro atoms. The molecule has 1 amide bonds. The Morgan fingerprint density at radius 2 is 2.05 bits per heavy atom. The maximum atomic E-state index is 13.0. The molecule has 0 radical (unpaired) electrons. The molecule has 22 heavy (non-hydrogen) atoms. The van der Waals surface area contributed by atoms with Crippen LogP contribution in [0, 0.1) is 5.92 Å². The van der Waals surface area contributed by atoms with Crippen LogP contribution in [0.4, 0.5) is 5.69 Å². The summed E-state index contributed by atoms with van der Waals surface area (Å²) in [5.41, 5.74) is 0.0173. The molecule has 1 aromatic rings. The Morgan fingerprint density at radius 3 is 2.68 bits per heavy atom. The predicted octanol–water partition coefficient (Wildman–Crippen LogP) is 3.08. The van der Waals surface area contributed by atoms with Crippen LogP contribution in [0.25, 0.3) is 0 Å². The molecular formula is C18H21NO3. The fourth-order valence-corrected chi connectivity index (χ4v) is 3.23. The van der Waals surface area contributed by atoms with Crippen LogP contribution >= 0.6 is 0 Å². The van der Waals surface area contributed by atoms with Gasteiger partial charge in [0.05, 0.1) is 12.5 Å². The van der Waals surface area contributed by atoms with Crippen molar-refractivity contribution in [2.75, 3.05) is 11.5 Å². The van der Waals surface area contributed by atoms with Gasteiger partial charge in [0.15, 0.2) is 11.5 Å². The first-order valence-electron chi connectivity index (χ1n) is 7.91. The minimum atomic E-state index is -0.809. The Bertz CT molecular complexity index is 596. The van der Waals surface area contributed by atoms with Crippen molar-refractivity contribution in [1.82, 2.24) is 0 Å². The molecule has 3 rings (SSSR count). The number of hydrogen-bond acceptors (Lipinski definition) is 3. The monoisotopic (exact) mass is 299 g/mol. The summed E-state index contributed by atoms with van der Waals surface area (Å²) in [6.45, 7) is 2.50. The predicted molar refractivity (Wildman–Crippen MR) is 84.4 cm³/mol. The van der Waals surface area contributed by atoms with Crippen LogP contribution in [0.2, 0.25) is 0 Å². The minimum absolute atomic E-state index is 0.0883. The third kappa shape index (κ3) is 2.59. The molecule has 2 atom stereocenters. The molecule has 2 unspecified atom stereocenters. The first kappa shape index (κ1) is 15.0. The molecule has 1 aromatic carbocycles. The standard InChI is InChI=1S/C18H21NO3/c1-2-6-14-13-22-18(11-9-16(20)10-12-18)19(17(14)21)15-7-4-3-5-8-15/h3-5,7-9,11,14H,2,6,10,12-13H2,1H3. The highest BCUT2D eigenvalue weighted by molar-refractivity contribution is 5.99. The molecule has 0 saturated carbocycles. The number of benzene rings is 1. The van der Waals surface area contributed by atoms with Crippen LogP contribution in [-0.4, -0.2) is 24.0 Å². The van der Waals surface area contributed by atoms with Crippen LogP contribution in [0.15, 0.2) is 42.5 Å². The van der Waals surface area contributed by atoms with Crippen LogP contribution in [0.3, 0.4) is 0 Å². The zero-order valence-electron chi connectivity index (χ0n) is 12.8. The fourth-order valence-electron chi connectivity index (χ4n) is 3.23. The van der Waals surface area contributed by atoms with Gasteiger partial charge in [0.25, 0.3) is 0 Å². The van der Waals surface area contributed by atoms with Crippen molar-refractivity contribution in [1.29, 1.82) is 0 Å². The van der Waals surface area contributed by atoms with Crippen LogP contribution < -0.4 is 4.90 Å². The number of para-hydroxylation sites is 1. The lowest BCUT2D eigenvalue weighted by atomic mass is 9.90. The normalized spacial score (nSPS) is 28.4. The van der Waals surface area contributed by atoms with E-state index in [9.17, 15) is 9.59 Å². The van der Waals surface area contributed by atoms with E-state index in [1.807, 2.05) is 30.3 Å². The highest BCUT2D eigenvalue weighted by atomic mass is 16.5. The van der Waals surface area contributed by atoms with Crippen molar-refractivity contribution in [3.8, 4) is 0 Å². The van der Waals surface area contributed by atoms with Crippen molar-refractivity contribution in [2.45, 2.75) is 38.3 Å². The highest BCUT2D eigenvalue weighted by Gasteiger charge is 2.47. The second-order valence-electron chi connectivity index (χ2n) is 5.95. The van der Waals surface area contributed by atoms with Gasteiger partial charge in [-0.1, -0.05) is 31.5 Å². The van der Waals surface area contributed by atoms with E-state index in [1.54, 1.807) is 17.1 Å². The first-order valence-corrected chi connectivity index (χ1v) is 7.91. The second kappa shape index (κ2) is 6.05. The summed E-state index contributed by atoms with van der Waals surface area (Å²) in [5.74, 6) is 0.0746. The number of ether oxygens (including phenoxy) is 1. The second-order valence-corrected chi connectivity index (χ2v) is 5.95. The molecule has 2 aliphatic rings. The first-order chi connectivity index (χ1) is 10.7. The van der Waals surface area contributed by atoms with E-state index in [0.29, 0.717) is 19.4 Å². The van der Waals surface area contributed by atoms with E-state index >= 15 is 0 Å². The van der Waals surface area contributed by atoms with E-state index in [4.69, 9.17) is 4.74 Å². The number of carbonyl (C=O) groups excluding carboxylic acids is 2. The lowest BCUT2D eigenvalue weighted by Gasteiger charge is -2.48. The van der Waals surface area contributed by atoms with Gasteiger partial charge in [-0.15, -0.1) is 0 Å². The summed E-state index contributed by atoms with van der Waals surface area (Å²) in [5, 5.41) is 0. The lowest BCUT2D eigenvalue weighted by Crippen LogP contribution is -2.60. The number of nitrogens with zero attached hydrogens (tertiary/aromatic N) is 1. The van der Waals surface area contributed by atoms with Crippen molar-refractivity contribution in [3.63, 3.8) is 0 Å². The number of carbonyl (C=O) groups is 2. The SMILES string of the molecule is CCCC1COC2(C=CC(=O)CC2)N(c2ccccc2)C1=O. The van der Waals surface area contributed by atoms with Crippen LogP contribution in [0.5, 0.6) is 0 Å². The van der Waals surface area contributed by atoms with Crippen molar-refractivity contribution in [2.24, 2.45) is 5.92 Å². The Morgan fingerprint density at radius 1 is 1.27 bits per heavy atom. The molecule has 1 fully saturated rings.